The number of aryl methyl sites for hydroxylation is 2. The normalized spacial score (nSPS) is 11.0. The molecule has 0 bridgehead atoms. The van der Waals surface area contributed by atoms with Gasteiger partial charge in [-0.15, -0.1) is 11.3 Å². The molecule has 2 aromatic heterocycles. The molecule has 2 amide bonds. The van der Waals surface area contributed by atoms with Gasteiger partial charge in [-0.3, -0.25) is 14.0 Å². The summed E-state index contributed by atoms with van der Waals surface area (Å²) in [5.74, 6) is -0.0120. The molecule has 148 valence electrons. The number of thiazole rings is 1. The van der Waals surface area contributed by atoms with E-state index in [0.717, 1.165) is 21.9 Å². The van der Waals surface area contributed by atoms with Gasteiger partial charge in [0.05, 0.1) is 17.9 Å². The molecule has 28 heavy (non-hydrogen) atoms. The van der Waals surface area contributed by atoms with E-state index in [-0.39, 0.29) is 11.8 Å². The predicted molar refractivity (Wildman–Crippen MR) is 111 cm³/mol. The average Bonchev–Trinajstić information content (AvgIpc) is 3.15. The third-order valence-electron chi connectivity index (χ3n) is 4.81. The van der Waals surface area contributed by atoms with E-state index in [9.17, 15) is 9.59 Å². The van der Waals surface area contributed by atoms with Gasteiger partial charge in [-0.2, -0.15) is 0 Å². The average molecular weight is 399 g/mol. The highest BCUT2D eigenvalue weighted by atomic mass is 32.1. The van der Waals surface area contributed by atoms with Gasteiger partial charge in [0.1, 0.15) is 0 Å². The van der Waals surface area contributed by atoms with Crippen LogP contribution in [0.1, 0.15) is 35.2 Å². The van der Waals surface area contributed by atoms with Crippen LogP contribution in [0.15, 0.2) is 36.5 Å². The van der Waals surface area contributed by atoms with Crippen LogP contribution in [0.4, 0.5) is 0 Å². The van der Waals surface area contributed by atoms with Gasteiger partial charge >= 0.3 is 0 Å². The molecule has 0 spiro atoms. The first-order chi connectivity index (χ1) is 13.3. The van der Waals surface area contributed by atoms with Crippen molar-refractivity contribution in [3.8, 4) is 0 Å². The highest BCUT2D eigenvalue weighted by Gasteiger charge is 2.18. The van der Waals surface area contributed by atoms with Crippen molar-refractivity contribution in [1.29, 1.82) is 0 Å². The van der Waals surface area contributed by atoms with Crippen LogP contribution in [0.25, 0.3) is 4.96 Å². The van der Waals surface area contributed by atoms with Gasteiger partial charge in [-0.1, -0.05) is 30.3 Å². The zero-order valence-electron chi connectivity index (χ0n) is 16.8. The number of carbonyl (C=O) groups is 2. The lowest BCUT2D eigenvalue weighted by atomic mass is 10.2. The van der Waals surface area contributed by atoms with E-state index in [2.05, 4.69) is 22.5 Å². The van der Waals surface area contributed by atoms with Gasteiger partial charge in [0, 0.05) is 44.6 Å². The van der Waals surface area contributed by atoms with Crippen LogP contribution < -0.4 is 0 Å². The fourth-order valence-electron chi connectivity index (χ4n) is 3.19. The van der Waals surface area contributed by atoms with E-state index in [4.69, 9.17) is 0 Å². The summed E-state index contributed by atoms with van der Waals surface area (Å²) in [7, 11) is 1.80. The minimum absolute atomic E-state index is 0.0145. The molecule has 0 aliphatic carbocycles. The molecule has 1 aromatic carbocycles. The molecule has 0 saturated carbocycles. The summed E-state index contributed by atoms with van der Waals surface area (Å²) < 4.78 is 2.07. The Balaban J connectivity index is 1.61. The number of aromatic nitrogens is 2. The topological polar surface area (TPSA) is 57.9 Å². The van der Waals surface area contributed by atoms with Crippen molar-refractivity contribution in [2.24, 2.45) is 0 Å². The Bertz CT molecular complexity index is 977. The molecule has 7 heteroatoms. The standard InChI is InChI=1S/C21H26N4O2S/c1-15-12-25-19(16(2)22-21(25)28-15)14-23(4)20(27)10-11-24(17(3)26)13-18-8-6-5-7-9-18/h5-9,12H,10-11,13-14H2,1-4H3. The summed E-state index contributed by atoms with van der Waals surface area (Å²) in [6, 6.07) is 9.83. The van der Waals surface area contributed by atoms with Gasteiger partial charge in [0.15, 0.2) is 4.96 Å². The lowest BCUT2D eigenvalue weighted by Crippen LogP contribution is -2.34. The zero-order chi connectivity index (χ0) is 20.3. The number of imidazole rings is 1. The smallest absolute Gasteiger partial charge is 0.224 e. The van der Waals surface area contributed by atoms with Gasteiger partial charge in [0.2, 0.25) is 11.8 Å². The Morgan fingerprint density at radius 1 is 1.14 bits per heavy atom. The molecular formula is C21H26N4O2S. The maximum absolute atomic E-state index is 12.7. The fraction of sp³-hybridized carbons (Fsp3) is 0.381. The van der Waals surface area contributed by atoms with Crippen LogP contribution in [0.5, 0.6) is 0 Å². The number of rotatable bonds is 7. The Hall–Kier alpha value is -2.67. The summed E-state index contributed by atoms with van der Waals surface area (Å²) in [6.45, 7) is 7.00. The Kier molecular flexibility index (Phi) is 6.14. The van der Waals surface area contributed by atoms with E-state index < -0.39 is 0 Å². The summed E-state index contributed by atoms with van der Waals surface area (Å²) in [6.07, 6.45) is 2.36. The molecule has 0 radical (unpaired) electrons. The Morgan fingerprint density at radius 2 is 1.86 bits per heavy atom. The monoisotopic (exact) mass is 398 g/mol. The number of carbonyl (C=O) groups excluding carboxylic acids is 2. The number of fused-ring (bicyclic) bond motifs is 1. The van der Waals surface area contributed by atoms with Crippen LogP contribution in [0.2, 0.25) is 0 Å². The lowest BCUT2D eigenvalue weighted by Gasteiger charge is -2.23. The number of hydrogen-bond donors (Lipinski definition) is 0. The van der Waals surface area contributed by atoms with E-state index in [1.54, 1.807) is 35.1 Å². The van der Waals surface area contributed by atoms with Crippen LogP contribution in [-0.2, 0) is 22.7 Å². The number of hydrogen-bond acceptors (Lipinski definition) is 4. The van der Waals surface area contributed by atoms with Crippen molar-refractivity contribution in [3.63, 3.8) is 0 Å². The Morgan fingerprint density at radius 3 is 2.54 bits per heavy atom. The van der Waals surface area contributed by atoms with Crippen molar-refractivity contribution >= 4 is 28.1 Å². The second kappa shape index (κ2) is 8.56. The maximum Gasteiger partial charge on any atom is 0.224 e. The second-order valence-corrected chi connectivity index (χ2v) is 8.28. The molecule has 2 heterocycles. The van der Waals surface area contributed by atoms with E-state index >= 15 is 0 Å². The molecule has 6 nitrogen and oxygen atoms in total. The van der Waals surface area contributed by atoms with Crippen molar-refractivity contribution in [2.45, 2.75) is 40.3 Å². The molecule has 0 fully saturated rings. The number of nitrogens with zero attached hydrogens (tertiary/aromatic N) is 4. The first-order valence-electron chi connectivity index (χ1n) is 9.32. The van der Waals surface area contributed by atoms with Crippen molar-refractivity contribution in [3.05, 3.63) is 58.4 Å². The SMILES string of the molecule is CC(=O)N(CCC(=O)N(C)Cc1c(C)nc2sc(C)cn12)Cc1ccccc1. The molecular weight excluding hydrogens is 372 g/mol. The number of benzene rings is 1. The minimum Gasteiger partial charge on any atom is -0.340 e. The predicted octanol–water partition coefficient (Wildman–Crippen LogP) is 3.41. The molecule has 3 aromatic rings. The van der Waals surface area contributed by atoms with Crippen molar-refractivity contribution in [1.82, 2.24) is 19.2 Å². The summed E-state index contributed by atoms with van der Waals surface area (Å²) in [4.78, 5) is 34.8. The first kappa shape index (κ1) is 20.1. The Labute approximate surface area is 169 Å². The molecule has 0 aliphatic heterocycles. The second-order valence-electron chi connectivity index (χ2n) is 7.06. The zero-order valence-corrected chi connectivity index (χ0v) is 17.6. The third-order valence-corrected chi connectivity index (χ3v) is 5.71. The van der Waals surface area contributed by atoms with E-state index in [0.29, 0.717) is 26.1 Å². The quantitative estimate of drug-likeness (QED) is 0.613. The minimum atomic E-state index is -0.0265. The fourth-order valence-corrected chi connectivity index (χ4v) is 4.08. The van der Waals surface area contributed by atoms with Gasteiger partial charge < -0.3 is 9.80 Å². The maximum atomic E-state index is 12.7. The van der Waals surface area contributed by atoms with Crippen LogP contribution in [0, 0.1) is 13.8 Å². The molecule has 0 unspecified atom stereocenters. The van der Waals surface area contributed by atoms with Gasteiger partial charge in [-0.05, 0) is 19.4 Å². The molecule has 3 rings (SSSR count). The van der Waals surface area contributed by atoms with E-state index in [1.807, 2.05) is 37.3 Å². The largest absolute Gasteiger partial charge is 0.340 e. The number of amides is 2. The highest BCUT2D eigenvalue weighted by Crippen LogP contribution is 2.21. The first-order valence-corrected chi connectivity index (χ1v) is 10.1. The highest BCUT2D eigenvalue weighted by molar-refractivity contribution is 7.17. The van der Waals surface area contributed by atoms with Gasteiger partial charge in [0.25, 0.3) is 0 Å². The van der Waals surface area contributed by atoms with Crippen LogP contribution >= 0.6 is 11.3 Å². The van der Waals surface area contributed by atoms with Crippen LogP contribution in [-0.4, -0.2) is 44.6 Å². The molecule has 0 saturated heterocycles. The summed E-state index contributed by atoms with van der Waals surface area (Å²) >= 11 is 1.65. The molecule has 0 N–H and O–H groups in total. The van der Waals surface area contributed by atoms with Gasteiger partial charge in [-0.25, -0.2) is 4.98 Å². The van der Waals surface area contributed by atoms with Crippen molar-refractivity contribution < 1.29 is 9.59 Å². The summed E-state index contributed by atoms with van der Waals surface area (Å²) in [5, 5.41) is 0. The van der Waals surface area contributed by atoms with Crippen LogP contribution in [0.3, 0.4) is 0 Å². The molecule has 0 aliphatic rings. The summed E-state index contributed by atoms with van der Waals surface area (Å²) in [5.41, 5.74) is 3.03. The third kappa shape index (κ3) is 4.59. The van der Waals surface area contributed by atoms with Crippen molar-refractivity contribution in [2.75, 3.05) is 13.6 Å². The van der Waals surface area contributed by atoms with E-state index in [1.165, 1.54) is 4.88 Å². The lowest BCUT2D eigenvalue weighted by molar-refractivity contribution is -0.133. The molecule has 0 atom stereocenters.